The summed E-state index contributed by atoms with van der Waals surface area (Å²) in [7, 11) is 0. The minimum absolute atomic E-state index is 0.0310. The number of aryl methyl sites for hydroxylation is 1. The molecule has 5 heterocycles. The molecule has 1 N–H and O–H groups in total. The van der Waals surface area contributed by atoms with Crippen molar-refractivity contribution in [3.8, 4) is 10.6 Å². The number of thiophene rings is 1. The Labute approximate surface area is 261 Å². The predicted molar refractivity (Wildman–Crippen MR) is 164 cm³/mol. The van der Waals surface area contributed by atoms with Gasteiger partial charge in [0, 0.05) is 42.1 Å². The summed E-state index contributed by atoms with van der Waals surface area (Å²) in [4.78, 5) is 41.7. The molecule has 1 amide bonds. The van der Waals surface area contributed by atoms with E-state index in [1.807, 2.05) is 22.8 Å². The van der Waals surface area contributed by atoms with Crippen LogP contribution in [0.1, 0.15) is 64.7 Å². The van der Waals surface area contributed by atoms with Crippen LogP contribution in [0.5, 0.6) is 0 Å². The molecule has 1 aliphatic rings. The number of amides is 1. The molecule has 0 radical (unpaired) electrons. The standard InChI is InChI=1S/C31H31ClN4O7S/c1-17(2)35-11-9-19(10-12-35)33-29(37)24-14-22-21(30(38)40-16-26-18(3)41-31(39)42-26)5-4-6-23(22)36(24)15-20-13-25(43-34-20)27-7-8-28(32)44-27/h4-8,13-14,17,19H,9-12,15-16H2,1-3H3,(H,33,37). The van der Waals surface area contributed by atoms with Crippen molar-refractivity contribution in [3.63, 3.8) is 0 Å². The van der Waals surface area contributed by atoms with Gasteiger partial charge < -0.3 is 32.9 Å². The molecule has 44 heavy (non-hydrogen) atoms. The van der Waals surface area contributed by atoms with E-state index in [9.17, 15) is 14.4 Å². The Morgan fingerprint density at radius 1 is 1.16 bits per heavy atom. The third-order valence-electron chi connectivity index (χ3n) is 7.86. The van der Waals surface area contributed by atoms with Gasteiger partial charge in [0.2, 0.25) is 0 Å². The van der Waals surface area contributed by atoms with Crippen LogP contribution in [0.3, 0.4) is 0 Å². The summed E-state index contributed by atoms with van der Waals surface area (Å²) in [6.45, 7) is 7.67. The maximum atomic E-state index is 13.8. The average molecular weight is 639 g/mol. The number of piperidine rings is 1. The molecule has 0 saturated carbocycles. The lowest BCUT2D eigenvalue weighted by Gasteiger charge is -2.34. The van der Waals surface area contributed by atoms with Crippen molar-refractivity contribution in [2.45, 2.75) is 58.8 Å². The maximum absolute atomic E-state index is 13.8. The molecule has 1 aliphatic heterocycles. The Morgan fingerprint density at radius 3 is 2.64 bits per heavy atom. The van der Waals surface area contributed by atoms with Crippen LogP contribution in [0.4, 0.5) is 0 Å². The number of likely N-dealkylation sites (tertiary alicyclic amines) is 1. The number of rotatable bonds is 9. The Morgan fingerprint density at radius 2 is 1.95 bits per heavy atom. The molecule has 0 unspecified atom stereocenters. The Balaban J connectivity index is 1.31. The van der Waals surface area contributed by atoms with Gasteiger partial charge in [-0.2, -0.15) is 0 Å². The first-order valence-corrected chi connectivity index (χ1v) is 15.5. The third-order valence-corrected chi connectivity index (χ3v) is 9.10. The van der Waals surface area contributed by atoms with Crippen molar-refractivity contribution < 1.29 is 27.7 Å². The Bertz CT molecular complexity index is 1870. The molecule has 6 rings (SSSR count). The summed E-state index contributed by atoms with van der Waals surface area (Å²) in [6.07, 6.45) is 1.70. The fraction of sp³-hybridized carbons (Fsp3) is 0.355. The molecule has 1 saturated heterocycles. The summed E-state index contributed by atoms with van der Waals surface area (Å²) in [5.41, 5.74) is 1.89. The van der Waals surface area contributed by atoms with E-state index in [1.165, 1.54) is 11.3 Å². The van der Waals surface area contributed by atoms with Crippen molar-refractivity contribution in [1.82, 2.24) is 19.9 Å². The first kappa shape index (κ1) is 29.9. The second-order valence-corrected chi connectivity index (χ2v) is 12.7. The number of aromatic nitrogens is 2. The first-order chi connectivity index (χ1) is 21.2. The molecule has 1 aromatic carbocycles. The fourth-order valence-corrected chi connectivity index (χ4v) is 6.46. The van der Waals surface area contributed by atoms with Gasteiger partial charge in [-0.25, -0.2) is 9.59 Å². The van der Waals surface area contributed by atoms with Gasteiger partial charge in [-0.05, 0) is 63.9 Å². The quantitative estimate of drug-likeness (QED) is 0.197. The largest absolute Gasteiger partial charge is 0.519 e. The molecule has 11 nitrogen and oxygen atoms in total. The van der Waals surface area contributed by atoms with Crippen molar-refractivity contribution >= 4 is 45.7 Å². The van der Waals surface area contributed by atoms with E-state index >= 15 is 0 Å². The molecule has 0 aliphatic carbocycles. The minimum atomic E-state index is -0.864. The van der Waals surface area contributed by atoms with Gasteiger partial charge in [-0.15, -0.1) is 11.3 Å². The second kappa shape index (κ2) is 12.5. The van der Waals surface area contributed by atoms with Crippen LogP contribution in [0.2, 0.25) is 4.34 Å². The molecular formula is C31H31ClN4O7S. The topological polar surface area (TPSA) is 133 Å². The molecule has 4 aromatic heterocycles. The molecule has 5 aromatic rings. The minimum Gasteiger partial charge on any atom is -0.454 e. The summed E-state index contributed by atoms with van der Waals surface area (Å²) in [6, 6.07) is 12.9. The van der Waals surface area contributed by atoms with E-state index in [0.717, 1.165) is 30.8 Å². The van der Waals surface area contributed by atoms with Crippen molar-refractivity contribution in [3.05, 3.63) is 85.9 Å². The maximum Gasteiger partial charge on any atom is 0.519 e. The number of ether oxygens (including phenoxy) is 1. The SMILES string of the molecule is Cc1oc(=O)oc1COC(=O)c1cccc2c1cc(C(=O)NC1CCN(C(C)C)CC1)n2Cc1cc(-c2ccc(Cl)s2)on1. The Kier molecular flexibility index (Phi) is 8.48. The number of nitrogens with zero attached hydrogens (tertiary/aromatic N) is 3. The molecule has 1 fully saturated rings. The highest BCUT2D eigenvalue weighted by Crippen LogP contribution is 2.32. The molecule has 0 spiro atoms. The smallest absolute Gasteiger partial charge is 0.454 e. The zero-order valence-corrected chi connectivity index (χ0v) is 26.0. The summed E-state index contributed by atoms with van der Waals surface area (Å²) in [5.74, 6) is -0.804. The number of esters is 1. The lowest BCUT2D eigenvalue weighted by Crippen LogP contribution is -2.46. The lowest BCUT2D eigenvalue weighted by atomic mass is 10.0. The van der Waals surface area contributed by atoms with Crippen LogP contribution in [-0.4, -0.2) is 51.7 Å². The molecule has 0 atom stereocenters. The normalized spacial score (nSPS) is 14.5. The van der Waals surface area contributed by atoms with E-state index in [0.29, 0.717) is 38.4 Å². The van der Waals surface area contributed by atoms with Crippen molar-refractivity contribution in [2.75, 3.05) is 13.1 Å². The van der Waals surface area contributed by atoms with Gasteiger partial charge in [0.1, 0.15) is 11.4 Å². The van der Waals surface area contributed by atoms with Crippen molar-refractivity contribution in [2.24, 2.45) is 0 Å². The Hall–Kier alpha value is -4.13. The van der Waals surface area contributed by atoms with Gasteiger partial charge >= 0.3 is 11.8 Å². The van der Waals surface area contributed by atoms with Crippen LogP contribution in [0, 0.1) is 6.92 Å². The number of benzene rings is 1. The number of halogens is 1. The number of carbonyl (C=O) groups is 2. The third kappa shape index (κ3) is 6.23. The van der Waals surface area contributed by atoms with Gasteiger partial charge in [0.25, 0.3) is 5.91 Å². The lowest BCUT2D eigenvalue weighted by molar-refractivity contribution is 0.0445. The zero-order valence-electron chi connectivity index (χ0n) is 24.4. The van der Waals surface area contributed by atoms with Crippen LogP contribution < -0.4 is 11.1 Å². The van der Waals surface area contributed by atoms with Crippen molar-refractivity contribution in [1.29, 1.82) is 0 Å². The average Bonchev–Trinajstić information content (AvgIpc) is 3.79. The fourth-order valence-electron chi connectivity index (χ4n) is 5.47. The van der Waals surface area contributed by atoms with E-state index in [2.05, 4.69) is 29.2 Å². The van der Waals surface area contributed by atoms with Gasteiger partial charge in [-0.1, -0.05) is 22.8 Å². The first-order valence-electron chi connectivity index (χ1n) is 14.3. The highest BCUT2D eigenvalue weighted by molar-refractivity contribution is 7.19. The summed E-state index contributed by atoms with van der Waals surface area (Å²) < 4.78 is 23.3. The highest BCUT2D eigenvalue weighted by Gasteiger charge is 2.26. The monoisotopic (exact) mass is 638 g/mol. The molecule has 13 heteroatoms. The van der Waals surface area contributed by atoms with Crippen LogP contribution in [-0.2, 0) is 17.9 Å². The molecule has 0 bridgehead atoms. The molecular weight excluding hydrogens is 608 g/mol. The van der Waals surface area contributed by atoms with E-state index in [4.69, 9.17) is 29.7 Å². The van der Waals surface area contributed by atoms with Gasteiger partial charge in [0.15, 0.2) is 23.9 Å². The van der Waals surface area contributed by atoms with Crippen LogP contribution in [0.15, 0.2) is 60.6 Å². The predicted octanol–water partition coefficient (Wildman–Crippen LogP) is 5.87. The van der Waals surface area contributed by atoms with Gasteiger partial charge in [0.05, 0.1) is 21.3 Å². The summed E-state index contributed by atoms with van der Waals surface area (Å²) in [5, 5.41) is 8.00. The zero-order chi connectivity index (χ0) is 31.0. The number of nitrogens with one attached hydrogen (secondary N) is 1. The number of carbonyl (C=O) groups excluding carboxylic acids is 2. The van der Waals surface area contributed by atoms with E-state index in [-0.39, 0.29) is 42.2 Å². The number of hydrogen-bond donors (Lipinski definition) is 1. The molecule has 230 valence electrons. The second-order valence-electron chi connectivity index (χ2n) is 11.0. The van der Waals surface area contributed by atoms with E-state index in [1.54, 1.807) is 31.2 Å². The van der Waals surface area contributed by atoms with Crippen LogP contribution in [0.25, 0.3) is 21.5 Å². The number of fused-ring (bicyclic) bond motifs is 1. The van der Waals surface area contributed by atoms with Gasteiger partial charge in [-0.3, -0.25) is 4.79 Å². The van der Waals surface area contributed by atoms with E-state index < -0.39 is 11.8 Å². The van der Waals surface area contributed by atoms with Crippen LogP contribution >= 0.6 is 22.9 Å². The number of hydrogen-bond acceptors (Lipinski definition) is 10. The highest BCUT2D eigenvalue weighted by atomic mass is 35.5. The summed E-state index contributed by atoms with van der Waals surface area (Å²) >= 11 is 7.49.